The third kappa shape index (κ3) is 6.77. The van der Waals surface area contributed by atoms with Crippen LogP contribution in [0.1, 0.15) is 27.2 Å². The Hall–Kier alpha value is -6.31. The molecule has 0 aliphatic rings. The largest absolute Gasteiger partial charge is 0.462 e. The Bertz CT molecular complexity index is 2130. The SMILES string of the molecule is Cc1nn2c(N)c(C(=O)OCCc3ccccc3NC(N)=Nc3ccc(-c4ccccc4)nn3)cnc2c1-c1cccc(C(F)(F)F)c1. The van der Waals surface area contributed by atoms with Crippen molar-refractivity contribution in [1.82, 2.24) is 24.8 Å². The van der Waals surface area contributed by atoms with Crippen LogP contribution in [-0.4, -0.2) is 43.3 Å². The number of hydrogen-bond donors (Lipinski definition) is 3. The number of ether oxygens (including phenoxy) is 1. The van der Waals surface area contributed by atoms with Crippen LogP contribution in [0.3, 0.4) is 0 Å². The highest BCUT2D eigenvalue weighted by atomic mass is 19.4. The molecule has 0 saturated carbocycles. The first-order valence-electron chi connectivity index (χ1n) is 14.7. The van der Waals surface area contributed by atoms with Gasteiger partial charge in [0.1, 0.15) is 11.4 Å². The van der Waals surface area contributed by atoms with Crippen molar-refractivity contribution in [3.05, 3.63) is 120 Å². The van der Waals surface area contributed by atoms with Gasteiger partial charge in [-0.3, -0.25) is 0 Å². The number of aromatic nitrogens is 5. The second-order valence-electron chi connectivity index (χ2n) is 10.6. The van der Waals surface area contributed by atoms with Gasteiger partial charge in [-0.2, -0.15) is 27.8 Å². The first kappa shape index (κ1) is 31.7. The quantitative estimate of drug-likeness (QED) is 0.0987. The molecule has 0 unspecified atom stereocenters. The predicted molar refractivity (Wildman–Crippen MR) is 175 cm³/mol. The highest BCUT2D eigenvalue weighted by molar-refractivity contribution is 5.96. The van der Waals surface area contributed by atoms with E-state index in [9.17, 15) is 18.0 Å². The molecular formula is C34H28F3N9O2. The van der Waals surface area contributed by atoms with E-state index in [0.717, 1.165) is 23.3 Å². The normalized spacial score (nSPS) is 11.9. The number of carbonyl (C=O) groups is 1. The molecule has 0 radical (unpaired) electrons. The number of guanidine groups is 1. The van der Waals surface area contributed by atoms with Crippen molar-refractivity contribution < 1.29 is 22.7 Å². The van der Waals surface area contributed by atoms with Gasteiger partial charge in [-0.25, -0.2) is 9.78 Å². The van der Waals surface area contributed by atoms with E-state index in [4.69, 9.17) is 16.2 Å². The lowest BCUT2D eigenvalue weighted by Gasteiger charge is -2.12. The molecule has 3 aromatic carbocycles. The van der Waals surface area contributed by atoms with Gasteiger partial charge in [0.2, 0.25) is 0 Å². The van der Waals surface area contributed by atoms with Crippen LogP contribution in [0.2, 0.25) is 0 Å². The van der Waals surface area contributed by atoms with Gasteiger partial charge in [0.15, 0.2) is 17.4 Å². The van der Waals surface area contributed by atoms with Gasteiger partial charge < -0.3 is 21.5 Å². The van der Waals surface area contributed by atoms with Crippen molar-refractivity contribution in [1.29, 1.82) is 0 Å². The first-order valence-corrected chi connectivity index (χ1v) is 14.7. The molecule has 3 aromatic heterocycles. The monoisotopic (exact) mass is 651 g/mol. The van der Waals surface area contributed by atoms with E-state index in [-0.39, 0.29) is 35.2 Å². The minimum atomic E-state index is -4.52. The number of nitrogens with two attached hydrogens (primary N) is 2. The lowest BCUT2D eigenvalue weighted by molar-refractivity contribution is -0.137. The minimum absolute atomic E-state index is 0.00784. The number of nitrogens with one attached hydrogen (secondary N) is 1. The molecule has 5 N–H and O–H groups in total. The number of esters is 1. The molecule has 0 aliphatic carbocycles. The molecule has 0 aliphatic heterocycles. The number of alkyl halides is 3. The van der Waals surface area contributed by atoms with Gasteiger partial charge in [0.25, 0.3) is 0 Å². The lowest BCUT2D eigenvalue weighted by Crippen LogP contribution is -2.23. The van der Waals surface area contributed by atoms with Gasteiger partial charge >= 0.3 is 12.1 Å². The third-order valence-corrected chi connectivity index (χ3v) is 7.39. The van der Waals surface area contributed by atoms with Crippen molar-refractivity contribution in [3.63, 3.8) is 0 Å². The summed E-state index contributed by atoms with van der Waals surface area (Å²) in [6.07, 6.45) is -2.96. The van der Waals surface area contributed by atoms with E-state index in [2.05, 4.69) is 30.6 Å². The summed E-state index contributed by atoms with van der Waals surface area (Å²) in [4.78, 5) is 21.6. The molecule has 242 valence electrons. The summed E-state index contributed by atoms with van der Waals surface area (Å²) >= 11 is 0. The van der Waals surface area contributed by atoms with Crippen molar-refractivity contribution >= 4 is 34.9 Å². The standard InChI is InChI=1S/C34H28F3N9O2/c1-20-29(23-11-7-12-24(18-23)34(35,36)37)31-40-19-25(30(38)46(31)45-20)32(47)48-17-16-22-10-5-6-13-26(22)41-33(39)42-28-15-14-27(43-44-28)21-8-3-2-4-9-21/h2-15,18-19H,16-17,38H2,1H3,(H3,39,41,42,44). The van der Waals surface area contributed by atoms with Crippen LogP contribution in [0.15, 0.2) is 102 Å². The Morgan fingerprint density at radius 2 is 1.71 bits per heavy atom. The average Bonchev–Trinajstić information content (AvgIpc) is 3.42. The minimum Gasteiger partial charge on any atom is -0.462 e. The highest BCUT2D eigenvalue weighted by Gasteiger charge is 2.31. The van der Waals surface area contributed by atoms with Crippen molar-refractivity contribution in [2.45, 2.75) is 19.5 Å². The topological polar surface area (TPSA) is 159 Å². The Balaban J connectivity index is 1.12. The predicted octanol–water partition coefficient (Wildman–Crippen LogP) is 6.22. The van der Waals surface area contributed by atoms with Crippen LogP contribution in [0.25, 0.3) is 28.0 Å². The van der Waals surface area contributed by atoms with Crippen molar-refractivity contribution in [3.8, 4) is 22.4 Å². The summed E-state index contributed by atoms with van der Waals surface area (Å²) in [5.74, 6) is -0.382. The summed E-state index contributed by atoms with van der Waals surface area (Å²) in [5.41, 5.74) is 15.9. The maximum Gasteiger partial charge on any atom is 0.416 e. The third-order valence-electron chi connectivity index (χ3n) is 7.39. The number of nitrogens with zero attached hydrogens (tertiary/aromatic N) is 6. The fraction of sp³-hybridized carbons (Fsp3) is 0.118. The summed E-state index contributed by atoms with van der Waals surface area (Å²) in [6.45, 7) is 1.62. The molecule has 0 bridgehead atoms. The molecule has 3 heterocycles. The Labute approximate surface area is 272 Å². The van der Waals surface area contributed by atoms with Crippen molar-refractivity contribution in [2.24, 2.45) is 10.7 Å². The second-order valence-corrected chi connectivity index (χ2v) is 10.6. The lowest BCUT2D eigenvalue weighted by atomic mass is 10.0. The van der Waals surface area contributed by atoms with Crippen molar-refractivity contribution in [2.75, 3.05) is 17.7 Å². The molecule has 6 aromatic rings. The molecular weight excluding hydrogens is 623 g/mol. The average molecular weight is 652 g/mol. The van der Waals surface area contributed by atoms with Crippen LogP contribution >= 0.6 is 0 Å². The van der Waals surface area contributed by atoms with Crippen LogP contribution in [-0.2, 0) is 17.3 Å². The smallest absolute Gasteiger partial charge is 0.416 e. The van der Waals surface area contributed by atoms with Crippen LogP contribution < -0.4 is 16.8 Å². The number of rotatable bonds is 8. The number of benzene rings is 3. The number of para-hydroxylation sites is 1. The number of halogens is 3. The Morgan fingerprint density at radius 1 is 0.958 bits per heavy atom. The van der Waals surface area contributed by atoms with Gasteiger partial charge in [0.05, 0.1) is 23.6 Å². The Kier molecular flexibility index (Phi) is 8.71. The molecule has 0 fully saturated rings. The van der Waals surface area contributed by atoms with E-state index in [0.29, 0.717) is 34.9 Å². The molecule has 0 atom stereocenters. The van der Waals surface area contributed by atoms with Gasteiger partial charge in [0, 0.05) is 29.4 Å². The maximum absolute atomic E-state index is 13.3. The number of nitrogen functional groups attached to an aromatic ring is 1. The molecule has 11 nitrogen and oxygen atoms in total. The van der Waals surface area contributed by atoms with E-state index in [1.807, 2.05) is 54.6 Å². The fourth-order valence-electron chi connectivity index (χ4n) is 5.08. The van der Waals surface area contributed by atoms with E-state index >= 15 is 0 Å². The number of carbonyl (C=O) groups excluding carboxylic acids is 1. The molecule has 0 spiro atoms. The van der Waals surface area contributed by atoms with E-state index in [1.165, 1.54) is 22.8 Å². The van der Waals surface area contributed by atoms with Crippen LogP contribution in [0.5, 0.6) is 0 Å². The number of anilines is 2. The zero-order valence-corrected chi connectivity index (χ0v) is 25.4. The summed E-state index contributed by atoms with van der Waals surface area (Å²) < 4.78 is 46.7. The maximum atomic E-state index is 13.3. The highest BCUT2D eigenvalue weighted by Crippen LogP contribution is 2.35. The van der Waals surface area contributed by atoms with Crippen LogP contribution in [0.4, 0.5) is 30.5 Å². The number of fused-ring (bicyclic) bond motifs is 1. The first-order chi connectivity index (χ1) is 23.1. The Morgan fingerprint density at radius 3 is 2.46 bits per heavy atom. The summed E-state index contributed by atoms with van der Waals surface area (Å²) in [5, 5.41) is 15.7. The number of hydrogen-bond acceptors (Lipinski definition) is 8. The molecule has 48 heavy (non-hydrogen) atoms. The molecule has 6 rings (SSSR count). The zero-order chi connectivity index (χ0) is 33.8. The molecule has 0 saturated heterocycles. The zero-order valence-electron chi connectivity index (χ0n) is 25.4. The summed E-state index contributed by atoms with van der Waals surface area (Å²) in [6, 6.07) is 25.3. The number of aryl methyl sites for hydroxylation is 1. The summed E-state index contributed by atoms with van der Waals surface area (Å²) in [7, 11) is 0. The van der Waals surface area contributed by atoms with Gasteiger partial charge in [-0.15, -0.1) is 10.2 Å². The van der Waals surface area contributed by atoms with E-state index in [1.54, 1.807) is 19.1 Å². The van der Waals surface area contributed by atoms with E-state index < -0.39 is 17.7 Å². The van der Waals surface area contributed by atoms with Gasteiger partial charge in [-0.1, -0.05) is 60.7 Å². The van der Waals surface area contributed by atoms with Crippen LogP contribution in [0, 0.1) is 6.92 Å². The molecule has 0 amide bonds. The second kappa shape index (κ2) is 13.2. The molecule has 14 heteroatoms. The fourth-order valence-corrected chi connectivity index (χ4v) is 5.08. The number of aliphatic imine (C=N–C) groups is 1. The van der Waals surface area contributed by atoms with Gasteiger partial charge in [-0.05, 0) is 48.4 Å².